The van der Waals surface area contributed by atoms with E-state index >= 15 is 0 Å². The standard InChI is InChI=1S/C21H23N3O2/c1-2-24(14-17-8-5-6-12-22-17)21(25)23-20(15-10-11-15)19-13-16-7-3-4-9-18(16)26-19/h3-9,12-13,15,20H,2,10-11,14H2,1H3,(H,23,25)/t20-/m1/s1. The number of hydrogen-bond donors (Lipinski definition) is 1. The molecule has 4 rings (SSSR count). The average Bonchev–Trinajstić information content (AvgIpc) is 3.42. The lowest BCUT2D eigenvalue weighted by Gasteiger charge is -2.24. The van der Waals surface area contributed by atoms with Crippen LogP contribution in [-0.4, -0.2) is 22.5 Å². The van der Waals surface area contributed by atoms with E-state index < -0.39 is 0 Å². The molecule has 2 aromatic heterocycles. The summed E-state index contributed by atoms with van der Waals surface area (Å²) in [5, 5.41) is 4.27. The van der Waals surface area contributed by atoms with Crippen molar-refractivity contribution in [2.24, 2.45) is 5.92 Å². The number of furan rings is 1. The van der Waals surface area contributed by atoms with Gasteiger partial charge < -0.3 is 14.6 Å². The SMILES string of the molecule is CCN(Cc1ccccn1)C(=O)N[C@@H](c1cc2ccccc2o1)C1CC1. The quantitative estimate of drug-likeness (QED) is 0.712. The van der Waals surface area contributed by atoms with E-state index in [0.717, 1.165) is 35.3 Å². The van der Waals surface area contributed by atoms with Crippen LogP contribution in [0.1, 0.15) is 37.3 Å². The maximum Gasteiger partial charge on any atom is 0.318 e. The fourth-order valence-corrected chi connectivity index (χ4v) is 3.25. The van der Waals surface area contributed by atoms with Crippen molar-refractivity contribution in [1.29, 1.82) is 0 Å². The Morgan fingerprint density at radius 3 is 2.77 bits per heavy atom. The molecule has 1 fully saturated rings. The second kappa shape index (κ2) is 7.20. The Bertz CT molecular complexity index is 853. The van der Waals surface area contributed by atoms with Crippen LogP contribution in [0, 0.1) is 5.92 Å². The Balaban J connectivity index is 1.51. The van der Waals surface area contributed by atoms with Crippen LogP contribution in [0.3, 0.4) is 0 Å². The van der Waals surface area contributed by atoms with Crippen LogP contribution in [0.4, 0.5) is 4.79 Å². The van der Waals surface area contributed by atoms with Gasteiger partial charge in [0, 0.05) is 18.1 Å². The molecule has 1 N–H and O–H groups in total. The number of urea groups is 1. The third kappa shape index (κ3) is 3.57. The number of rotatable bonds is 6. The first-order chi connectivity index (χ1) is 12.7. The van der Waals surface area contributed by atoms with E-state index in [0.29, 0.717) is 19.0 Å². The molecule has 0 spiro atoms. The number of nitrogens with one attached hydrogen (secondary N) is 1. The molecule has 0 aliphatic heterocycles. The summed E-state index contributed by atoms with van der Waals surface area (Å²) < 4.78 is 6.02. The molecule has 3 aromatic rings. The summed E-state index contributed by atoms with van der Waals surface area (Å²) in [6, 6.07) is 15.6. The lowest BCUT2D eigenvalue weighted by molar-refractivity contribution is 0.189. The van der Waals surface area contributed by atoms with Gasteiger partial charge >= 0.3 is 6.03 Å². The first-order valence-electron chi connectivity index (χ1n) is 9.18. The third-order valence-corrected chi connectivity index (χ3v) is 4.87. The first-order valence-corrected chi connectivity index (χ1v) is 9.18. The van der Waals surface area contributed by atoms with E-state index in [1.807, 2.05) is 55.5 Å². The highest BCUT2D eigenvalue weighted by Gasteiger charge is 2.36. The second-order valence-electron chi connectivity index (χ2n) is 6.79. The molecule has 1 aromatic carbocycles. The Morgan fingerprint density at radius 2 is 2.08 bits per heavy atom. The molecule has 1 atom stereocenters. The van der Waals surface area contributed by atoms with Gasteiger partial charge in [0.15, 0.2) is 0 Å². The van der Waals surface area contributed by atoms with Gasteiger partial charge in [-0.15, -0.1) is 0 Å². The average molecular weight is 349 g/mol. The number of carbonyl (C=O) groups is 1. The summed E-state index contributed by atoms with van der Waals surface area (Å²) in [7, 11) is 0. The maximum atomic E-state index is 12.9. The Labute approximate surface area is 153 Å². The van der Waals surface area contributed by atoms with Crippen molar-refractivity contribution < 1.29 is 9.21 Å². The van der Waals surface area contributed by atoms with Gasteiger partial charge in [0.1, 0.15) is 11.3 Å². The van der Waals surface area contributed by atoms with Gasteiger partial charge in [0.05, 0.1) is 18.3 Å². The van der Waals surface area contributed by atoms with E-state index in [1.54, 1.807) is 11.1 Å². The minimum Gasteiger partial charge on any atom is -0.459 e. The van der Waals surface area contributed by atoms with E-state index in [-0.39, 0.29) is 12.1 Å². The number of carbonyl (C=O) groups excluding carboxylic acids is 1. The zero-order valence-electron chi connectivity index (χ0n) is 14.9. The van der Waals surface area contributed by atoms with Crippen LogP contribution in [-0.2, 0) is 6.54 Å². The fraction of sp³-hybridized carbons (Fsp3) is 0.333. The summed E-state index contributed by atoms with van der Waals surface area (Å²) in [6.07, 6.45) is 3.99. The minimum absolute atomic E-state index is 0.0736. The maximum absolute atomic E-state index is 12.9. The van der Waals surface area contributed by atoms with Crippen LogP contribution >= 0.6 is 0 Å². The van der Waals surface area contributed by atoms with Crippen molar-refractivity contribution in [2.75, 3.05) is 6.54 Å². The van der Waals surface area contributed by atoms with Gasteiger partial charge in [-0.2, -0.15) is 0 Å². The molecule has 26 heavy (non-hydrogen) atoms. The summed E-state index contributed by atoms with van der Waals surface area (Å²) in [4.78, 5) is 19.0. The lowest BCUT2D eigenvalue weighted by atomic mass is 10.1. The molecule has 0 unspecified atom stereocenters. The Kier molecular flexibility index (Phi) is 4.61. The molecule has 5 nitrogen and oxygen atoms in total. The minimum atomic E-state index is -0.0762. The molecule has 2 amide bonds. The van der Waals surface area contributed by atoms with E-state index in [4.69, 9.17) is 4.42 Å². The largest absolute Gasteiger partial charge is 0.459 e. The van der Waals surface area contributed by atoms with E-state index in [1.165, 1.54) is 0 Å². The van der Waals surface area contributed by atoms with Crippen molar-refractivity contribution in [1.82, 2.24) is 15.2 Å². The predicted octanol–water partition coefficient (Wildman–Crippen LogP) is 4.51. The number of aromatic nitrogens is 1. The first kappa shape index (κ1) is 16.6. The van der Waals surface area contributed by atoms with Crippen LogP contribution < -0.4 is 5.32 Å². The summed E-state index contributed by atoms with van der Waals surface area (Å²) in [6.45, 7) is 3.11. The van der Waals surface area contributed by atoms with Gasteiger partial charge in [-0.3, -0.25) is 4.98 Å². The van der Waals surface area contributed by atoms with Crippen molar-refractivity contribution in [3.63, 3.8) is 0 Å². The van der Waals surface area contributed by atoms with Crippen molar-refractivity contribution in [3.8, 4) is 0 Å². The van der Waals surface area contributed by atoms with Gasteiger partial charge in [-0.1, -0.05) is 24.3 Å². The lowest BCUT2D eigenvalue weighted by Crippen LogP contribution is -2.41. The summed E-state index contributed by atoms with van der Waals surface area (Å²) in [5.74, 6) is 1.30. The number of nitrogens with zero attached hydrogens (tertiary/aromatic N) is 2. The number of pyridine rings is 1. The number of benzene rings is 1. The molecule has 134 valence electrons. The fourth-order valence-electron chi connectivity index (χ4n) is 3.25. The number of amides is 2. The second-order valence-corrected chi connectivity index (χ2v) is 6.79. The smallest absolute Gasteiger partial charge is 0.318 e. The van der Waals surface area contributed by atoms with Crippen LogP contribution in [0.15, 0.2) is 59.1 Å². The van der Waals surface area contributed by atoms with Gasteiger partial charge in [-0.25, -0.2) is 4.79 Å². The van der Waals surface area contributed by atoms with Gasteiger partial charge in [0.25, 0.3) is 0 Å². The number of fused-ring (bicyclic) bond motifs is 1. The molecule has 1 aliphatic carbocycles. The van der Waals surface area contributed by atoms with Gasteiger partial charge in [-0.05, 0) is 49.9 Å². The molecule has 0 saturated heterocycles. The predicted molar refractivity (Wildman–Crippen MR) is 101 cm³/mol. The van der Waals surface area contributed by atoms with E-state index in [2.05, 4.69) is 10.3 Å². The molecule has 1 saturated carbocycles. The third-order valence-electron chi connectivity index (χ3n) is 4.87. The summed E-state index contributed by atoms with van der Waals surface area (Å²) in [5.41, 5.74) is 1.75. The monoisotopic (exact) mass is 349 g/mol. The highest BCUT2D eigenvalue weighted by molar-refractivity contribution is 5.78. The number of para-hydroxylation sites is 1. The zero-order valence-corrected chi connectivity index (χ0v) is 14.9. The van der Waals surface area contributed by atoms with Crippen molar-refractivity contribution in [3.05, 3.63) is 66.2 Å². The zero-order chi connectivity index (χ0) is 17.9. The van der Waals surface area contributed by atoms with Crippen LogP contribution in [0.25, 0.3) is 11.0 Å². The van der Waals surface area contributed by atoms with Crippen LogP contribution in [0.2, 0.25) is 0 Å². The normalized spacial score (nSPS) is 15.0. The highest BCUT2D eigenvalue weighted by atomic mass is 16.3. The molecular formula is C21H23N3O2. The molecule has 5 heteroatoms. The van der Waals surface area contributed by atoms with E-state index in [9.17, 15) is 4.79 Å². The highest BCUT2D eigenvalue weighted by Crippen LogP contribution is 2.42. The summed E-state index contributed by atoms with van der Waals surface area (Å²) >= 11 is 0. The van der Waals surface area contributed by atoms with Crippen molar-refractivity contribution in [2.45, 2.75) is 32.4 Å². The molecular weight excluding hydrogens is 326 g/mol. The van der Waals surface area contributed by atoms with Crippen LogP contribution in [0.5, 0.6) is 0 Å². The topological polar surface area (TPSA) is 58.4 Å². The Hall–Kier alpha value is -2.82. The number of hydrogen-bond acceptors (Lipinski definition) is 3. The molecule has 1 aliphatic rings. The molecule has 2 heterocycles. The molecule has 0 bridgehead atoms. The van der Waals surface area contributed by atoms with Crippen molar-refractivity contribution >= 4 is 17.0 Å². The van der Waals surface area contributed by atoms with Gasteiger partial charge in [0.2, 0.25) is 0 Å². The Morgan fingerprint density at radius 1 is 1.27 bits per heavy atom. The molecule has 0 radical (unpaired) electrons.